The Bertz CT molecular complexity index is 83.7. The molecule has 1 unspecified atom stereocenters. The fourth-order valence-electron chi connectivity index (χ4n) is 0.678. The van der Waals surface area contributed by atoms with Crippen LogP contribution >= 0.6 is 22.6 Å². The summed E-state index contributed by atoms with van der Waals surface area (Å²) in [7, 11) is 0. The van der Waals surface area contributed by atoms with E-state index in [2.05, 4.69) is 22.6 Å². The topological polar surface area (TPSA) is 21.8 Å². The summed E-state index contributed by atoms with van der Waals surface area (Å²) in [6, 6.07) is 0. The van der Waals surface area contributed by atoms with Crippen molar-refractivity contribution in [2.75, 3.05) is 24.2 Å². The first-order chi connectivity index (χ1) is 4.93. The maximum atomic E-state index is 5.33. The Kier molecular flexibility index (Phi) is 4.65. The van der Waals surface area contributed by atoms with Crippen molar-refractivity contribution in [2.24, 2.45) is 0 Å². The van der Waals surface area contributed by atoms with Gasteiger partial charge >= 0.3 is 0 Å². The largest absolute Gasteiger partial charge is 0.379 e. The predicted molar refractivity (Wildman–Crippen MR) is 48.7 cm³/mol. The van der Waals surface area contributed by atoms with Crippen molar-refractivity contribution in [1.82, 2.24) is 0 Å². The Morgan fingerprint density at radius 3 is 2.90 bits per heavy atom. The molecule has 60 valence electrons. The molecule has 0 saturated carbocycles. The van der Waals surface area contributed by atoms with E-state index in [1.807, 2.05) is 0 Å². The number of halogens is 1. The number of alkyl halides is 1. The first-order valence-electron chi connectivity index (χ1n) is 3.69. The molecule has 1 saturated heterocycles. The molecule has 1 rings (SSSR count). The second kappa shape index (κ2) is 5.32. The summed E-state index contributed by atoms with van der Waals surface area (Å²) in [6.45, 7) is 2.62. The van der Waals surface area contributed by atoms with Crippen LogP contribution in [-0.4, -0.2) is 30.4 Å². The quantitative estimate of drug-likeness (QED) is 0.312. The molecule has 0 aromatic rings. The number of unbranched alkanes of at least 4 members (excludes halogenated alkanes) is 1. The van der Waals surface area contributed by atoms with Crippen molar-refractivity contribution in [3.63, 3.8) is 0 Å². The molecule has 0 aliphatic carbocycles. The zero-order valence-electron chi connectivity index (χ0n) is 6.01. The third-order valence-electron chi connectivity index (χ3n) is 1.38. The van der Waals surface area contributed by atoms with Crippen molar-refractivity contribution in [1.29, 1.82) is 0 Å². The molecule has 0 radical (unpaired) electrons. The van der Waals surface area contributed by atoms with Crippen LogP contribution < -0.4 is 0 Å². The van der Waals surface area contributed by atoms with Crippen molar-refractivity contribution in [3.8, 4) is 0 Å². The van der Waals surface area contributed by atoms with Crippen LogP contribution in [0, 0.1) is 0 Å². The fourth-order valence-corrected chi connectivity index (χ4v) is 1.22. The molecule has 0 spiro atoms. The molecule has 10 heavy (non-hydrogen) atoms. The normalized spacial score (nSPS) is 23.1. The standard InChI is InChI=1S/C7H13IO2/c8-3-1-2-4-9-5-7-6-10-7/h7H,1-6H2. The van der Waals surface area contributed by atoms with E-state index in [-0.39, 0.29) is 0 Å². The van der Waals surface area contributed by atoms with Gasteiger partial charge in [-0.2, -0.15) is 0 Å². The van der Waals surface area contributed by atoms with Crippen molar-refractivity contribution in [3.05, 3.63) is 0 Å². The van der Waals surface area contributed by atoms with Gasteiger partial charge in [-0.25, -0.2) is 0 Å². The van der Waals surface area contributed by atoms with Crippen LogP contribution in [0.2, 0.25) is 0 Å². The van der Waals surface area contributed by atoms with Crippen molar-refractivity contribution in [2.45, 2.75) is 18.9 Å². The van der Waals surface area contributed by atoms with Crippen LogP contribution in [0.25, 0.3) is 0 Å². The van der Waals surface area contributed by atoms with E-state index < -0.39 is 0 Å². The second-order valence-electron chi connectivity index (χ2n) is 2.43. The highest BCUT2D eigenvalue weighted by Gasteiger charge is 2.21. The minimum atomic E-state index is 0.430. The van der Waals surface area contributed by atoms with E-state index in [4.69, 9.17) is 9.47 Å². The summed E-state index contributed by atoms with van der Waals surface area (Å²) in [5.74, 6) is 0. The number of rotatable bonds is 6. The first kappa shape index (κ1) is 8.74. The summed E-state index contributed by atoms with van der Waals surface area (Å²) in [5.41, 5.74) is 0. The molecule has 1 heterocycles. The smallest absolute Gasteiger partial charge is 0.104 e. The number of epoxide rings is 1. The third-order valence-corrected chi connectivity index (χ3v) is 2.14. The molecule has 1 atom stereocenters. The summed E-state index contributed by atoms with van der Waals surface area (Å²) in [5, 5.41) is 0. The zero-order chi connectivity index (χ0) is 7.23. The van der Waals surface area contributed by atoms with Gasteiger partial charge in [-0.15, -0.1) is 0 Å². The maximum absolute atomic E-state index is 5.33. The lowest BCUT2D eigenvalue weighted by molar-refractivity contribution is 0.114. The number of hydrogen-bond donors (Lipinski definition) is 0. The van der Waals surface area contributed by atoms with Gasteiger partial charge in [-0.3, -0.25) is 0 Å². The second-order valence-corrected chi connectivity index (χ2v) is 3.51. The number of ether oxygens (including phenoxy) is 2. The SMILES string of the molecule is ICCCCOCC1CO1. The molecule has 1 fully saturated rings. The van der Waals surface area contributed by atoms with E-state index in [9.17, 15) is 0 Å². The van der Waals surface area contributed by atoms with Crippen molar-refractivity contribution < 1.29 is 9.47 Å². The van der Waals surface area contributed by atoms with Crippen molar-refractivity contribution >= 4 is 22.6 Å². The molecule has 0 bridgehead atoms. The zero-order valence-corrected chi connectivity index (χ0v) is 8.17. The van der Waals surface area contributed by atoms with Gasteiger partial charge in [-0.05, 0) is 17.3 Å². The summed E-state index contributed by atoms with van der Waals surface area (Å²) in [6.07, 6.45) is 2.89. The molecule has 0 aromatic heterocycles. The van der Waals surface area contributed by atoms with Gasteiger partial charge < -0.3 is 9.47 Å². The summed E-state index contributed by atoms with van der Waals surface area (Å²) in [4.78, 5) is 0. The Morgan fingerprint density at radius 2 is 2.30 bits per heavy atom. The average Bonchev–Trinajstić information content (AvgIpc) is 2.71. The lowest BCUT2D eigenvalue weighted by atomic mass is 10.4. The van der Waals surface area contributed by atoms with Crippen LogP contribution in [0.5, 0.6) is 0 Å². The van der Waals surface area contributed by atoms with Gasteiger partial charge in [0, 0.05) is 6.61 Å². The minimum Gasteiger partial charge on any atom is -0.379 e. The first-order valence-corrected chi connectivity index (χ1v) is 5.21. The minimum absolute atomic E-state index is 0.430. The Labute approximate surface area is 75.4 Å². The lowest BCUT2D eigenvalue weighted by Crippen LogP contribution is -2.02. The molecule has 0 aromatic carbocycles. The Hall–Kier alpha value is 0.650. The molecule has 0 amide bonds. The maximum Gasteiger partial charge on any atom is 0.104 e. The summed E-state index contributed by atoms with van der Waals surface area (Å²) >= 11 is 2.38. The molecule has 1 aliphatic rings. The van der Waals surface area contributed by atoms with Crippen LogP contribution in [0.4, 0.5) is 0 Å². The van der Waals surface area contributed by atoms with Gasteiger partial charge in [-0.1, -0.05) is 22.6 Å². The van der Waals surface area contributed by atoms with Gasteiger partial charge in [0.15, 0.2) is 0 Å². The van der Waals surface area contributed by atoms with E-state index in [1.165, 1.54) is 17.3 Å². The van der Waals surface area contributed by atoms with Crippen LogP contribution in [0.15, 0.2) is 0 Å². The van der Waals surface area contributed by atoms with E-state index in [0.717, 1.165) is 19.8 Å². The highest BCUT2D eigenvalue weighted by atomic mass is 127. The fraction of sp³-hybridized carbons (Fsp3) is 1.00. The van der Waals surface area contributed by atoms with Crippen LogP contribution in [-0.2, 0) is 9.47 Å². The highest BCUT2D eigenvalue weighted by Crippen LogP contribution is 2.08. The molecule has 2 nitrogen and oxygen atoms in total. The summed E-state index contributed by atoms with van der Waals surface area (Å²) < 4.78 is 11.6. The Morgan fingerprint density at radius 1 is 1.50 bits per heavy atom. The average molecular weight is 256 g/mol. The van der Waals surface area contributed by atoms with E-state index in [1.54, 1.807) is 0 Å². The molecule has 3 heteroatoms. The predicted octanol–water partition coefficient (Wildman–Crippen LogP) is 1.62. The van der Waals surface area contributed by atoms with Gasteiger partial charge in [0.2, 0.25) is 0 Å². The van der Waals surface area contributed by atoms with E-state index >= 15 is 0 Å². The van der Waals surface area contributed by atoms with Gasteiger partial charge in [0.1, 0.15) is 6.10 Å². The van der Waals surface area contributed by atoms with Crippen LogP contribution in [0.3, 0.4) is 0 Å². The lowest BCUT2D eigenvalue weighted by Gasteiger charge is -1.98. The van der Waals surface area contributed by atoms with Crippen LogP contribution in [0.1, 0.15) is 12.8 Å². The molecular weight excluding hydrogens is 243 g/mol. The van der Waals surface area contributed by atoms with E-state index in [0.29, 0.717) is 6.10 Å². The number of hydrogen-bond acceptors (Lipinski definition) is 2. The Balaban J connectivity index is 1.68. The molecule has 1 aliphatic heterocycles. The monoisotopic (exact) mass is 256 g/mol. The highest BCUT2D eigenvalue weighted by molar-refractivity contribution is 14.1. The molecular formula is C7H13IO2. The molecule has 0 N–H and O–H groups in total. The van der Waals surface area contributed by atoms with Gasteiger partial charge in [0.05, 0.1) is 13.2 Å². The van der Waals surface area contributed by atoms with Gasteiger partial charge in [0.25, 0.3) is 0 Å². The third kappa shape index (κ3) is 4.46.